The summed E-state index contributed by atoms with van der Waals surface area (Å²) in [6.45, 7) is 2.29. The SMILES string of the molecule is CCCCCCCC/C=C/CCCCCCCC[C]1C=CCC1. The molecule has 0 heteroatoms. The molecule has 0 aromatic carbocycles. The molecular formula is C23H41. The zero-order chi connectivity index (χ0) is 16.4. The Labute approximate surface area is 146 Å². The predicted molar refractivity (Wildman–Crippen MR) is 106 cm³/mol. The van der Waals surface area contributed by atoms with Crippen LogP contribution in [0, 0.1) is 5.92 Å². The molecule has 1 rings (SSSR count). The summed E-state index contributed by atoms with van der Waals surface area (Å²) in [5.41, 5.74) is 0. The number of unbranched alkanes of at least 4 members (excludes halogenated alkanes) is 12. The van der Waals surface area contributed by atoms with Gasteiger partial charge < -0.3 is 0 Å². The van der Waals surface area contributed by atoms with Gasteiger partial charge in [-0.3, -0.25) is 0 Å². The van der Waals surface area contributed by atoms with Crippen LogP contribution in [0.5, 0.6) is 0 Å². The maximum absolute atomic E-state index is 2.43. The standard InChI is InChI=1S/C23H41/c1-2-3-4-5-6-7-8-9-10-11-12-13-14-15-16-17-20-23-21-18-19-22-23/h9-10,18,21H,2-8,11-17,19-20,22H2,1H3/b10-9+. The van der Waals surface area contributed by atoms with Crippen LogP contribution < -0.4 is 0 Å². The topological polar surface area (TPSA) is 0 Å². The van der Waals surface area contributed by atoms with Crippen LogP contribution in [0.1, 0.15) is 116 Å². The summed E-state index contributed by atoms with van der Waals surface area (Å²) >= 11 is 0. The summed E-state index contributed by atoms with van der Waals surface area (Å²) in [5.74, 6) is 1.69. The Kier molecular flexibility index (Phi) is 14.6. The fourth-order valence-corrected chi connectivity index (χ4v) is 3.41. The van der Waals surface area contributed by atoms with Crippen LogP contribution in [0.4, 0.5) is 0 Å². The number of rotatable bonds is 16. The van der Waals surface area contributed by atoms with Crippen LogP contribution in [0.2, 0.25) is 0 Å². The van der Waals surface area contributed by atoms with E-state index in [2.05, 4.69) is 31.2 Å². The molecule has 23 heavy (non-hydrogen) atoms. The van der Waals surface area contributed by atoms with Crippen LogP contribution in [-0.2, 0) is 0 Å². The highest BCUT2D eigenvalue weighted by atomic mass is 14.1. The van der Waals surface area contributed by atoms with Crippen molar-refractivity contribution in [3.05, 3.63) is 30.2 Å². The molecule has 133 valence electrons. The van der Waals surface area contributed by atoms with Gasteiger partial charge >= 0.3 is 0 Å². The lowest BCUT2D eigenvalue weighted by atomic mass is 10.00. The molecule has 0 nitrogen and oxygen atoms in total. The van der Waals surface area contributed by atoms with Crippen molar-refractivity contribution in [3.63, 3.8) is 0 Å². The number of allylic oxidation sites excluding steroid dienone is 4. The van der Waals surface area contributed by atoms with Gasteiger partial charge in [0.1, 0.15) is 0 Å². The third-order valence-electron chi connectivity index (χ3n) is 5.00. The second-order valence-corrected chi connectivity index (χ2v) is 7.29. The van der Waals surface area contributed by atoms with Crippen molar-refractivity contribution in [1.82, 2.24) is 0 Å². The van der Waals surface area contributed by atoms with E-state index < -0.39 is 0 Å². The van der Waals surface area contributed by atoms with Crippen LogP contribution in [-0.4, -0.2) is 0 Å². The van der Waals surface area contributed by atoms with E-state index >= 15 is 0 Å². The Morgan fingerprint density at radius 1 is 0.739 bits per heavy atom. The first kappa shape index (κ1) is 20.5. The van der Waals surface area contributed by atoms with E-state index in [1.807, 2.05) is 0 Å². The maximum atomic E-state index is 2.43. The van der Waals surface area contributed by atoms with Gasteiger partial charge in [0.2, 0.25) is 0 Å². The summed E-state index contributed by atoms with van der Waals surface area (Å²) in [5, 5.41) is 0. The summed E-state index contributed by atoms with van der Waals surface area (Å²) in [7, 11) is 0. The van der Waals surface area contributed by atoms with Gasteiger partial charge in [0, 0.05) is 0 Å². The van der Waals surface area contributed by atoms with Crippen molar-refractivity contribution < 1.29 is 0 Å². The highest BCUT2D eigenvalue weighted by molar-refractivity contribution is 5.15. The first-order valence-electron chi connectivity index (χ1n) is 10.6. The minimum absolute atomic E-state index is 1.29. The van der Waals surface area contributed by atoms with Crippen molar-refractivity contribution >= 4 is 0 Å². The molecule has 0 saturated carbocycles. The smallest absolute Gasteiger partial charge is 0.00243 e. The van der Waals surface area contributed by atoms with E-state index in [1.54, 1.807) is 5.92 Å². The third kappa shape index (κ3) is 13.6. The van der Waals surface area contributed by atoms with Crippen LogP contribution in [0.15, 0.2) is 24.3 Å². The van der Waals surface area contributed by atoms with E-state index in [0.717, 1.165) is 0 Å². The lowest BCUT2D eigenvalue weighted by molar-refractivity contribution is 0.584. The molecule has 0 aromatic rings. The number of hydrogen-bond donors (Lipinski definition) is 0. The molecule has 0 atom stereocenters. The van der Waals surface area contributed by atoms with Gasteiger partial charge in [-0.2, -0.15) is 0 Å². The van der Waals surface area contributed by atoms with Crippen molar-refractivity contribution in [2.24, 2.45) is 0 Å². The van der Waals surface area contributed by atoms with Crippen molar-refractivity contribution in [2.45, 2.75) is 116 Å². The second kappa shape index (κ2) is 16.3. The average molecular weight is 318 g/mol. The summed E-state index contributed by atoms with van der Waals surface area (Å²) in [4.78, 5) is 0. The molecule has 0 aromatic heterocycles. The lowest BCUT2D eigenvalue weighted by Crippen LogP contribution is -1.89. The number of hydrogen-bond acceptors (Lipinski definition) is 0. The second-order valence-electron chi connectivity index (χ2n) is 7.29. The summed E-state index contributed by atoms with van der Waals surface area (Å²) in [6.07, 6.45) is 33.2. The van der Waals surface area contributed by atoms with Crippen LogP contribution in [0.3, 0.4) is 0 Å². The van der Waals surface area contributed by atoms with Gasteiger partial charge in [0.25, 0.3) is 0 Å². The zero-order valence-electron chi connectivity index (χ0n) is 15.8. The van der Waals surface area contributed by atoms with Gasteiger partial charge in [-0.05, 0) is 50.9 Å². The first-order valence-corrected chi connectivity index (χ1v) is 10.6. The molecule has 0 saturated heterocycles. The molecule has 0 bridgehead atoms. The molecule has 0 heterocycles. The largest absolute Gasteiger partial charge is 0.0885 e. The molecule has 1 aliphatic rings. The molecule has 0 N–H and O–H groups in total. The van der Waals surface area contributed by atoms with Crippen LogP contribution >= 0.6 is 0 Å². The third-order valence-corrected chi connectivity index (χ3v) is 5.00. The molecule has 0 amide bonds. The average Bonchev–Trinajstić information content (AvgIpc) is 3.08. The maximum Gasteiger partial charge on any atom is -0.00243 e. The minimum atomic E-state index is 1.29. The fraction of sp³-hybridized carbons (Fsp3) is 0.783. The summed E-state index contributed by atoms with van der Waals surface area (Å²) < 4.78 is 0. The minimum Gasteiger partial charge on any atom is -0.0885 e. The van der Waals surface area contributed by atoms with E-state index in [4.69, 9.17) is 0 Å². The lowest BCUT2D eigenvalue weighted by Gasteiger charge is -2.06. The Morgan fingerprint density at radius 3 is 1.87 bits per heavy atom. The van der Waals surface area contributed by atoms with Crippen LogP contribution in [0.25, 0.3) is 0 Å². The van der Waals surface area contributed by atoms with E-state index in [1.165, 1.54) is 109 Å². The predicted octanol–water partition coefficient (Wildman–Crippen LogP) is 8.34. The molecule has 0 fully saturated rings. The quantitative estimate of drug-likeness (QED) is 0.198. The fourth-order valence-electron chi connectivity index (χ4n) is 3.41. The van der Waals surface area contributed by atoms with Crippen molar-refractivity contribution in [3.8, 4) is 0 Å². The van der Waals surface area contributed by atoms with Gasteiger partial charge in [0.15, 0.2) is 0 Å². The Morgan fingerprint density at radius 2 is 1.30 bits per heavy atom. The summed E-state index contributed by atoms with van der Waals surface area (Å²) in [6, 6.07) is 0. The molecule has 0 aliphatic heterocycles. The first-order chi connectivity index (χ1) is 11.4. The van der Waals surface area contributed by atoms with Gasteiger partial charge in [-0.15, -0.1) is 0 Å². The van der Waals surface area contributed by atoms with Crippen molar-refractivity contribution in [2.75, 3.05) is 0 Å². The van der Waals surface area contributed by atoms with Gasteiger partial charge in [-0.1, -0.05) is 95.4 Å². The highest BCUT2D eigenvalue weighted by Gasteiger charge is 2.08. The van der Waals surface area contributed by atoms with E-state index in [0.29, 0.717) is 0 Å². The highest BCUT2D eigenvalue weighted by Crippen LogP contribution is 2.25. The Hall–Kier alpha value is -0.520. The molecule has 0 spiro atoms. The molecule has 1 aliphatic carbocycles. The molecule has 0 unspecified atom stereocenters. The van der Waals surface area contributed by atoms with Crippen molar-refractivity contribution in [1.29, 1.82) is 0 Å². The zero-order valence-corrected chi connectivity index (χ0v) is 15.8. The monoisotopic (exact) mass is 317 g/mol. The molecule has 1 radical (unpaired) electrons. The Bertz CT molecular complexity index is 286. The van der Waals surface area contributed by atoms with Gasteiger partial charge in [0.05, 0.1) is 0 Å². The molecular weight excluding hydrogens is 276 g/mol. The van der Waals surface area contributed by atoms with Gasteiger partial charge in [-0.25, -0.2) is 0 Å². The normalized spacial score (nSPS) is 15.2. The Balaban J connectivity index is 1.70. The van der Waals surface area contributed by atoms with E-state index in [9.17, 15) is 0 Å². The van der Waals surface area contributed by atoms with E-state index in [-0.39, 0.29) is 0 Å².